The topological polar surface area (TPSA) is 75.7 Å². The van der Waals surface area contributed by atoms with Crippen molar-refractivity contribution in [3.63, 3.8) is 0 Å². The molecule has 0 aromatic heterocycles. The van der Waals surface area contributed by atoms with E-state index in [2.05, 4.69) is 5.32 Å². The van der Waals surface area contributed by atoms with E-state index in [9.17, 15) is 13.2 Å². The number of hydrogen-bond acceptors (Lipinski definition) is 4. The highest BCUT2D eigenvalue weighted by atomic mass is 35.5. The highest BCUT2D eigenvalue weighted by Gasteiger charge is 2.29. The first-order valence-corrected chi connectivity index (χ1v) is 12.3. The largest absolute Gasteiger partial charge is 0.495 e. The van der Waals surface area contributed by atoms with Crippen molar-refractivity contribution >= 4 is 44.8 Å². The molecule has 3 aromatic carbocycles. The van der Waals surface area contributed by atoms with Gasteiger partial charge in [0, 0.05) is 16.6 Å². The van der Waals surface area contributed by atoms with Crippen LogP contribution in [0.25, 0.3) is 0 Å². The molecule has 33 heavy (non-hydrogen) atoms. The lowest BCUT2D eigenvalue weighted by Gasteiger charge is -2.26. The van der Waals surface area contributed by atoms with Crippen molar-refractivity contribution in [1.29, 1.82) is 0 Å². The van der Waals surface area contributed by atoms with Gasteiger partial charge >= 0.3 is 0 Å². The second kappa shape index (κ2) is 10.9. The highest BCUT2D eigenvalue weighted by molar-refractivity contribution is 7.92. The molecule has 0 bridgehead atoms. The fourth-order valence-corrected chi connectivity index (χ4v) is 4.89. The number of sulfonamides is 1. The van der Waals surface area contributed by atoms with Crippen LogP contribution in [0.5, 0.6) is 5.75 Å². The van der Waals surface area contributed by atoms with Crippen molar-refractivity contribution in [2.75, 3.05) is 24.5 Å². The first-order valence-electron chi connectivity index (χ1n) is 10.1. The van der Waals surface area contributed by atoms with Crippen LogP contribution in [0.1, 0.15) is 11.1 Å². The summed E-state index contributed by atoms with van der Waals surface area (Å²) < 4.78 is 33.4. The number of benzene rings is 3. The van der Waals surface area contributed by atoms with Gasteiger partial charge in [0.05, 0.1) is 17.7 Å². The Kier molecular flexibility index (Phi) is 8.24. The Morgan fingerprint density at radius 2 is 1.61 bits per heavy atom. The Morgan fingerprint density at radius 1 is 0.970 bits per heavy atom. The normalized spacial score (nSPS) is 11.2. The molecular formula is C24H24Cl2N2O4S. The summed E-state index contributed by atoms with van der Waals surface area (Å²) >= 11 is 12.0. The molecule has 3 aromatic rings. The van der Waals surface area contributed by atoms with E-state index in [1.54, 1.807) is 36.4 Å². The monoisotopic (exact) mass is 506 g/mol. The van der Waals surface area contributed by atoms with Crippen molar-refractivity contribution in [1.82, 2.24) is 5.32 Å². The number of rotatable bonds is 9. The molecule has 0 aliphatic heterocycles. The quantitative estimate of drug-likeness (QED) is 0.449. The molecule has 0 unspecified atom stereocenters. The zero-order valence-corrected chi connectivity index (χ0v) is 20.5. The van der Waals surface area contributed by atoms with Gasteiger partial charge in [-0.1, -0.05) is 53.0 Å². The molecule has 0 atom stereocenters. The lowest BCUT2D eigenvalue weighted by Crippen LogP contribution is -2.41. The van der Waals surface area contributed by atoms with E-state index in [4.69, 9.17) is 27.9 Å². The van der Waals surface area contributed by atoms with Crippen LogP contribution in [0, 0.1) is 6.92 Å². The second-order valence-electron chi connectivity index (χ2n) is 7.37. The molecule has 0 saturated heterocycles. The van der Waals surface area contributed by atoms with Crippen LogP contribution in [-0.2, 0) is 21.2 Å². The standard InChI is InChI=1S/C24H24Cl2N2O4S/c1-17-3-10-21(11-4-17)33(30,31)28(22-15-20(26)9-12-23(22)32-2)16-24(29)27-14-13-18-5-7-19(25)8-6-18/h3-12,15H,13-14,16H2,1-2H3,(H,27,29). The zero-order valence-electron chi connectivity index (χ0n) is 18.2. The fraction of sp³-hybridized carbons (Fsp3) is 0.208. The predicted octanol–water partition coefficient (Wildman–Crippen LogP) is 4.86. The van der Waals surface area contributed by atoms with E-state index >= 15 is 0 Å². The molecule has 1 N–H and O–H groups in total. The maximum absolute atomic E-state index is 13.5. The van der Waals surface area contributed by atoms with E-state index in [-0.39, 0.29) is 16.3 Å². The van der Waals surface area contributed by atoms with E-state index in [0.717, 1.165) is 15.4 Å². The van der Waals surface area contributed by atoms with Gasteiger partial charge in [-0.3, -0.25) is 9.10 Å². The lowest BCUT2D eigenvalue weighted by molar-refractivity contribution is -0.119. The molecule has 3 rings (SSSR count). The molecule has 9 heteroatoms. The average molecular weight is 507 g/mol. The molecule has 0 aliphatic carbocycles. The number of nitrogens with one attached hydrogen (secondary N) is 1. The van der Waals surface area contributed by atoms with E-state index < -0.39 is 22.5 Å². The van der Waals surface area contributed by atoms with Gasteiger partial charge in [0.15, 0.2) is 0 Å². The van der Waals surface area contributed by atoms with Crippen LogP contribution in [0.3, 0.4) is 0 Å². The van der Waals surface area contributed by atoms with E-state index in [1.165, 1.54) is 25.3 Å². The molecule has 0 aliphatic rings. The van der Waals surface area contributed by atoms with Gasteiger partial charge in [-0.2, -0.15) is 0 Å². The van der Waals surface area contributed by atoms with Crippen molar-refractivity contribution in [2.24, 2.45) is 0 Å². The summed E-state index contributed by atoms with van der Waals surface area (Å²) in [5, 5.41) is 3.73. The summed E-state index contributed by atoms with van der Waals surface area (Å²) in [6.45, 7) is 1.77. The minimum Gasteiger partial charge on any atom is -0.495 e. The third kappa shape index (κ3) is 6.41. The molecule has 0 spiro atoms. The molecular weight excluding hydrogens is 483 g/mol. The minimum atomic E-state index is -4.08. The van der Waals surface area contributed by atoms with Crippen LogP contribution in [0.2, 0.25) is 10.0 Å². The summed E-state index contributed by atoms with van der Waals surface area (Å²) in [5.41, 5.74) is 2.10. The maximum atomic E-state index is 13.5. The molecule has 0 radical (unpaired) electrons. The Bertz CT molecular complexity index is 1210. The van der Waals surface area contributed by atoms with Crippen molar-refractivity contribution < 1.29 is 17.9 Å². The van der Waals surface area contributed by atoms with Crippen LogP contribution in [0.15, 0.2) is 71.6 Å². The van der Waals surface area contributed by atoms with Gasteiger partial charge in [0.2, 0.25) is 5.91 Å². The number of halogens is 2. The molecule has 0 fully saturated rings. The number of amides is 1. The Hall–Kier alpha value is -2.74. The predicted molar refractivity (Wildman–Crippen MR) is 132 cm³/mol. The van der Waals surface area contributed by atoms with Gasteiger partial charge in [0.25, 0.3) is 10.0 Å². The van der Waals surface area contributed by atoms with Gasteiger partial charge in [-0.25, -0.2) is 8.42 Å². The Balaban J connectivity index is 1.85. The van der Waals surface area contributed by atoms with Crippen LogP contribution in [0.4, 0.5) is 5.69 Å². The van der Waals surface area contributed by atoms with Crippen LogP contribution >= 0.6 is 23.2 Å². The number of ether oxygens (including phenoxy) is 1. The van der Waals surface area contributed by atoms with Crippen molar-refractivity contribution in [3.8, 4) is 5.75 Å². The second-order valence-corrected chi connectivity index (χ2v) is 10.1. The van der Waals surface area contributed by atoms with Crippen LogP contribution in [-0.4, -0.2) is 34.5 Å². The summed E-state index contributed by atoms with van der Waals surface area (Å²) in [7, 11) is -2.65. The fourth-order valence-electron chi connectivity index (χ4n) is 3.18. The Labute approximate surface area is 204 Å². The third-order valence-electron chi connectivity index (χ3n) is 4.95. The van der Waals surface area contributed by atoms with E-state index in [0.29, 0.717) is 23.0 Å². The third-order valence-corrected chi connectivity index (χ3v) is 7.22. The molecule has 1 amide bonds. The first kappa shape index (κ1) is 24.9. The van der Waals surface area contributed by atoms with Crippen LogP contribution < -0.4 is 14.4 Å². The Morgan fingerprint density at radius 3 is 2.24 bits per heavy atom. The lowest BCUT2D eigenvalue weighted by atomic mass is 10.1. The summed E-state index contributed by atoms with van der Waals surface area (Å²) in [5.74, 6) is -0.175. The smallest absolute Gasteiger partial charge is 0.264 e. The van der Waals surface area contributed by atoms with Crippen molar-refractivity contribution in [3.05, 3.63) is 87.9 Å². The van der Waals surface area contributed by atoms with Gasteiger partial charge in [-0.05, 0) is 61.4 Å². The van der Waals surface area contributed by atoms with Gasteiger partial charge < -0.3 is 10.1 Å². The molecule has 174 valence electrons. The van der Waals surface area contributed by atoms with Gasteiger partial charge in [0.1, 0.15) is 12.3 Å². The first-order chi connectivity index (χ1) is 15.7. The number of anilines is 1. The number of hydrogen-bond donors (Lipinski definition) is 1. The summed E-state index contributed by atoms with van der Waals surface area (Å²) in [6, 6.07) is 18.3. The highest BCUT2D eigenvalue weighted by Crippen LogP contribution is 2.34. The minimum absolute atomic E-state index is 0.0593. The van der Waals surface area contributed by atoms with E-state index in [1.807, 2.05) is 19.1 Å². The molecule has 0 heterocycles. The molecule has 0 saturated carbocycles. The number of methoxy groups -OCH3 is 1. The number of carbonyl (C=O) groups is 1. The number of carbonyl (C=O) groups excluding carboxylic acids is 1. The maximum Gasteiger partial charge on any atom is 0.264 e. The van der Waals surface area contributed by atoms with Crippen molar-refractivity contribution in [2.45, 2.75) is 18.2 Å². The zero-order chi connectivity index (χ0) is 24.0. The molecule has 6 nitrogen and oxygen atoms in total. The number of aryl methyl sites for hydroxylation is 1. The van der Waals surface area contributed by atoms with Gasteiger partial charge in [-0.15, -0.1) is 0 Å². The average Bonchev–Trinajstić information content (AvgIpc) is 2.79. The summed E-state index contributed by atoms with van der Waals surface area (Å²) in [4.78, 5) is 12.8. The number of nitrogens with zero attached hydrogens (tertiary/aromatic N) is 1. The summed E-state index contributed by atoms with van der Waals surface area (Å²) in [6.07, 6.45) is 0.577. The SMILES string of the molecule is COc1ccc(Cl)cc1N(CC(=O)NCCc1ccc(Cl)cc1)S(=O)(=O)c1ccc(C)cc1.